The number of ether oxygens (including phenoxy) is 2. The molecule has 0 heterocycles. The summed E-state index contributed by atoms with van der Waals surface area (Å²) in [6.07, 6.45) is 0. The second-order valence-electron chi connectivity index (χ2n) is 4.21. The number of methoxy groups -OCH3 is 2. The maximum absolute atomic E-state index is 12.6. The Bertz CT molecular complexity index is 871. The van der Waals surface area contributed by atoms with Gasteiger partial charge in [-0.1, -0.05) is 24.3 Å². The molecule has 2 rings (SSSR count). The lowest BCUT2D eigenvalue weighted by Gasteiger charge is -2.13. The van der Waals surface area contributed by atoms with Crippen molar-refractivity contribution in [2.45, 2.75) is 9.79 Å². The first-order valence-electron chi connectivity index (χ1n) is 6.12. The van der Waals surface area contributed by atoms with Crippen LogP contribution in [0.2, 0.25) is 0 Å². The van der Waals surface area contributed by atoms with Crippen LogP contribution in [0.3, 0.4) is 0 Å². The molecule has 118 valence electrons. The highest BCUT2D eigenvalue weighted by atomic mass is 33.2. The average molecular weight is 342 g/mol. The summed E-state index contributed by atoms with van der Waals surface area (Å²) in [7, 11) is -6.74. The van der Waals surface area contributed by atoms with Crippen LogP contribution in [-0.4, -0.2) is 31.1 Å². The summed E-state index contributed by atoms with van der Waals surface area (Å²) in [4.78, 5) is -0.766. The summed E-state index contributed by atoms with van der Waals surface area (Å²) in [6, 6.07) is 11.0. The molecule has 0 spiro atoms. The third-order valence-electron chi connectivity index (χ3n) is 2.96. The van der Waals surface area contributed by atoms with Gasteiger partial charge in [-0.3, -0.25) is 0 Å². The number of rotatable bonds is 5. The molecule has 0 aliphatic heterocycles. The molecule has 0 radical (unpaired) electrons. The molecule has 0 N–H and O–H groups in total. The Morgan fingerprint density at radius 1 is 0.727 bits per heavy atom. The molecular formula is C14H14O6S2. The number of para-hydroxylation sites is 1. The van der Waals surface area contributed by atoms with E-state index in [1.807, 2.05) is 0 Å². The maximum Gasteiger partial charge on any atom is 0.290 e. The Morgan fingerprint density at radius 2 is 1.36 bits per heavy atom. The molecule has 2 aromatic rings. The fourth-order valence-electron chi connectivity index (χ4n) is 1.89. The van der Waals surface area contributed by atoms with E-state index in [-0.39, 0.29) is 16.4 Å². The monoisotopic (exact) mass is 342 g/mol. The van der Waals surface area contributed by atoms with E-state index in [0.717, 1.165) is 6.07 Å². The van der Waals surface area contributed by atoms with Crippen LogP contribution in [0.1, 0.15) is 0 Å². The summed E-state index contributed by atoms with van der Waals surface area (Å²) in [5.74, 6) is -0.0173. The van der Waals surface area contributed by atoms with E-state index < -0.39 is 22.6 Å². The molecule has 0 unspecified atom stereocenters. The second kappa shape index (κ2) is 5.98. The predicted molar refractivity (Wildman–Crippen MR) is 80.4 cm³/mol. The molecular weight excluding hydrogens is 328 g/mol. The normalized spacial score (nSPS) is 11.9. The summed E-state index contributed by atoms with van der Waals surface area (Å²) < 4.78 is 60.1. The van der Waals surface area contributed by atoms with Gasteiger partial charge in [0.15, 0.2) is 11.5 Å². The quantitative estimate of drug-likeness (QED) is 0.771. The van der Waals surface area contributed by atoms with Gasteiger partial charge < -0.3 is 9.47 Å². The van der Waals surface area contributed by atoms with E-state index in [1.54, 1.807) is 6.07 Å². The van der Waals surface area contributed by atoms with Crippen LogP contribution in [0.5, 0.6) is 11.5 Å². The molecule has 0 fully saturated rings. The van der Waals surface area contributed by atoms with E-state index in [2.05, 4.69) is 0 Å². The summed E-state index contributed by atoms with van der Waals surface area (Å²) >= 11 is 0. The first-order chi connectivity index (χ1) is 10.4. The van der Waals surface area contributed by atoms with Gasteiger partial charge in [0, 0.05) is 0 Å². The Balaban J connectivity index is 2.72. The first-order valence-corrected chi connectivity index (χ1v) is 9.60. The van der Waals surface area contributed by atoms with Gasteiger partial charge in [-0.25, -0.2) is 16.8 Å². The summed E-state index contributed by atoms with van der Waals surface area (Å²) in [5, 5.41) is 0. The van der Waals surface area contributed by atoms with Crippen LogP contribution in [0.15, 0.2) is 58.3 Å². The standard InChI is InChI=1S/C14H14O6S2/c1-19-12-9-6-10-13(14(12)20-2)22(17,18)21(15,16)11-7-4-3-5-8-11/h3-10H,1-2H3. The van der Waals surface area contributed by atoms with E-state index >= 15 is 0 Å². The molecule has 0 bridgehead atoms. The van der Waals surface area contributed by atoms with E-state index in [0.29, 0.717) is 0 Å². The molecule has 0 aliphatic carbocycles. The molecule has 0 amide bonds. The average Bonchev–Trinajstić information content (AvgIpc) is 2.54. The van der Waals surface area contributed by atoms with Crippen molar-refractivity contribution in [3.63, 3.8) is 0 Å². The van der Waals surface area contributed by atoms with Gasteiger partial charge in [0.2, 0.25) is 0 Å². The first kappa shape index (κ1) is 16.3. The Kier molecular flexibility index (Phi) is 4.43. The van der Waals surface area contributed by atoms with Gasteiger partial charge in [0.05, 0.1) is 19.1 Å². The SMILES string of the molecule is COc1cccc(S(=O)(=O)S(=O)(=O)c2ccccc2)c1OC. The zero-order valence-corrected chi connectivity index (χ0v) is 13.5. The topological polar surface area (TPSA) is 86.7 Å². The molecule has 0 atom stereocenters. The van der Waals surface area contributed by atoms with Crippen LogP contribution < -0.4 is 9.47 Å². The van der Waals surface area contributed by atoms with Crippen molar-refractivity contribution in [1.82, 2.24) is 0 Å². The molecule has 0 saturated carbocycles. The molecule has 8 heteroatoms. The molecule has 0 saturated heterocycles. The highest BCUT2D eigenvalue weighted by molar-refractivity contribution is 8.67. The third-order valence-corrected chi connectivity index (χ3v) is 8.09. The van der Waals surface area contributed by atoms with Crippen molar-refractivity contribution >= 4 is 17.7 Å². The molecule has 6 nitrogen and oxygen atoms in total. The Labute approximate surface area is 128 Å². The number of benzene rings is 2. The zero-order chi connectivity index (χ0) is 16.4. The highest BCUT2D eigenvalue weighted by Crippen LogP contribution is 2.37. The Morgan fingerprint density at radius 3 is 1.91 bits per heavy atom. The smallest absolute Gasteiger partial charge is 0.290 e. The van der Waals surface area contributed by atoms with Crippen LogP contribution in [0, 0.1) is 0 Å². The lowest BCUT2D eigenvalue weighted by Crippen LogP contribution is -2.17. The molecule has 0 aromatic heterocycles. The molecule has 22 heavy (non-hydrogen) atoms. The fraction of sp³-hybridized carbons (Fsp3) is 0.143. The predicted octanol–water partition coefficient (Wildman–Crippen LogP) is 1.87. The van der Waals surface area contributed by atoms with Crippen LogP contribution in [-0.2, 0) is 17.7 Å². The van der Waals surface area contributed by atoms with Crippen molar-refractivity contribution in [3.8, 4) is 11.5 Å². The molecule has 2 aromatic carbocycles. The van der Waals surface area contributed by atoms with Crippen molar-refractivity contribution in [2.24, 2.45) is 0 Å². The summed E-state index contributed by atoms with van der Waals surface area (Å²) in [6.45, 7) is 0. The highest BCUT2D eigenvalue weighted by Gasteiger charge is 2.36. The van der Waals surface area contributed by atoms with Gasteiger partial charge in [0.1, 0.15) is 4.90 Å². The minimum Gasteiger partial charge on any atom is -0.493 e. The van der Waals surface area contributed by atoms with Crippen LogP contribution in [0.25, 0.3) is 0 Å². The summed E-state index contributed by atoms with van der Waals surface area (Å²) in [5.41, 5.74) is 0. The number of hydrogen-bond acceptors (Lipinski definition) is 6. The Hall–Kier alpha value is -2.06. The minimum absolute atomic E-state index is 0.131. The van der Waals surface area contributed by atoms with Crippen molar-refractivity contribution in [3.05, 3.63) is 48.5 Å². The maximum atomic E-state index is 12.6. The van der Waals surface area contributed by atoms with Gasteiger partial charge in [-0.15, -0.1) is 0 Å². The van der Waals surface area contributed by atoms with E-state index in [1.165, 1.54) is 50.6 Å². The van der Waals surface area contributed by atoms with Gasteiger partial charge in [-0.05, 0) is 24.3 Å². The largest absolute Gasteiger partial charge is 0.493 e. The second-order valence-corrected chi connectivity index (χ2v) is 9.57. The lowest BCUT2D eigenvalue weighted by molar-refractivity contribution is 0.347. The zero-order valence-electron chi connectivity index (χ0n) is 11.9. The number of hydrogen-bond donors (Lipinski definition) is 0. The fourth-order valence-corrected chi connectivity index (χ4v) is 5.72. The van der Waals surface area contributed by atoms with Crippen molar-refractivity contribution in [1.29, 1.82) is 0 Å². The van der Waals surface area contributed by atoms with Gasteiger partial charge >= 0.3 is 0 Å². The lowest BCUT2D eigenvalue weighted by atomic mass is 10.3. The third kappa shape index (κ3) is 2.55. The van der Waals surface area contributed by atoms with E-state index in [9.17, 15) is 16.8 Å². The van der Waals surface area contributed by atoms with Gasteiger partial charge in [0.25, 0.3) is 17.7 Å². The van der Waals surface area contributed by atoms with Crippen molar-refractivity contribution in [2.75, 3.05) is 14.2 Å². The van der Waals surface area contributed by atoms with Gasteiger partial charge in [-0.2, -0.15) is 0 Å². The van der Waals surface area contributed by atoms with Crippen LogP contribution in [0.4, 0.5) is 0 Å². The minimum atomic E-state index is -4.70. The molecule has 0 aliphatic rings. The van der Waals surface area contributed by atoms with Crippen LogP contribution >= 0.6 is 0 Å². The van der Waals surface area contributed by atoms with E-state index in [4.69, 9.17) is 9.47 Å². The van der Waals surface area contributed by atoms with Crippen molar-refractivity contribution < 1.29 is 26.3 Å².